The molecule has 0 saturated carbocycles. The zero-order valence-electron chi connectivity index (χ0n) is 11.2. The molecule has 0 radical (unpaired) electrons. The van der Waals surface area contributed by atoms with Gasteiger partial charge in [0.05, 0.1) is 16.0 Å². The Hall–Kier alpha value is -2.61. The van der Waals surface area contributed by atoms with Crippen LogP contribution < -0.4 is 10.2 Å². The highest BCUT2D eigenvalue weighted by Crippen LogP contribution is 2.41. The van der Waals surface area contributed by atoms with Crippen LogP contribution in [0.25, 0.3) is 10.9 Å². The number of carboxylic acid groups (broad SMARTS) is 1. The van der Waals surface area contributed by atoms with Gasteiger partial charge in [-0.1, -0.05) is 11.6 Å². The summed E-state index contributed by atoms with van der Waals surface area (Å²) in [5.74, 6) is -1.30. The average molecular weight is 325 g/mol. The third-order valence-electron chi connectivity index (χ3n) is 3.56. The molecule has 1 aromatic heterocycles. The Morgan fingerprint density at radius 2 is 2.27 bits per heavy atom. The summed E-state index contributed by atoms with van der Waals surface area (Å²) in [6, 6.07) is 0.707. The molecule has 0 saturated heterocycles. The highest BCUT2D eigenvalue weighted by Gasteiger charge is 2.31. The van der Waals surface area contributed by atoms with E-state index in [1.165, 1.54) is 10.8 Å². The normalized spacial score (nSPS) is 16.4. The fourth-order valence-corrected chi connectivity index (χ4v) is 2.79. The number of carboxylic acids is 1. The summed E-state index contributed by atoms with van der Waals surface area (Å²) in [4.78, 5) is 34.1. The monoisotopic (exact) mass is 324 g/mol. The quantitative estimate of drug-likeness (QED) is 0.669. The number of nitro groups is 1. The minimum atomic E-state index is -1.44. The number of ether oxygens (including phenoxy) is 1. The molecule has 114 valence electrons. The largest absolute Gasteiger partial charge is 0.488 e. The van der Waals surface area contributed by atoms with Gasteiger partial charge in [0.25, 0.3) is 5.69 Å². The van der Waals surface area contributed by atoms with Crippen molar-refractivity contribution in [1.82, 2.24) is 4.57 Å². The Kier molecular flexibility index (Phi) is 3.06. The van der Waals surface area contributed by atoms with Gasteiger partial charge in [-0.3, -0.25) is 14.9 Å². The van der Waals surface area contributed by atoms with Crippen molar-refractivity contribution in [2.45, 2.75) is 13.0 Å². The van der Waals surface area contributed by atoms with Crippen LogP contribution in [0.15, 0.2) is 17.1 Å². The number of nitro benzene ring substituents is 1. The lowest BCUT2D eigenvalue weighted by molar-refractivity contribution is -0.383. The van der Waals surface area contributed by atoms with Crippen molar-refractivity contribution in [3.8, 4) is 5.75 Å². The summed E-state index contributed by atoms with van der Waals surface area (Å²) < 4.78 is 6.95. The number of hydrogen-bond donors (Lipinski definition) is 1. The second kappa shape index (κ2) is 4.70. The summed E-state index contributed by atoms with van der Waals surface area (Å²) in [5.41, 5.74) is -1.85. The molecular weight excluding hydrogens is 316 g/mol. The smallest absolute Gasteiger partial charge is 0.341 e. The second-order valence-electron chi connectivity index (χ2n) is 4.93. The van der Waals surface area contributed by atoms with Crippen LogP contribution in [0.3, 0.4) is 0 Å². The number of nitrogens with zero attached hydrogens (tertiary/aromatic N) is 2. The molecule has 1 aliphatic heterocycles. The van der Waals surface area contributed by atoms with Crippen molar-refractivity contribution in [3.63, 3.8) is 0 Å². The summed E-state index contributed by atoms with van der Waals surface area (Å²) in [7, 11) is 0. The number of aromatic nitrogens is 1. The van der Waals surface area contributed by atoms with Crippen molar-refractivity contribution < 1.29 is 19.6 Å². The molecule has 0 aliphatic carbocycles. The van der Waals surface area contributed by atoms with E-state index >= 15 is 0 Å². The predicted octanol–water partition coefficient (Wildman–Crippen LogP) is 2.21. The van der Waals surface area contributed by atoms with E-state index in [1.54, 1.807) is 6.92 Å². The third kappa shape index (κ3) is 1.84. The van der Waals surface area contributed by atoms with Gasteiger partial charge in [0, 0.05) is 12.3 Å². The number of non-ortho nitro benzene ring substituents is 1. The predicted molar refractivity (Wildman–Crippen MR) is 77.0 cm³/mol. The lowest BCUT2D eigenvalue weighted by atomic mass is 10.1. The number of rotatable bonds is 2. The van der Waals surface area contributed by atoms with E-state index < -0.39 is 27.6 Å². The Labute approximate surface area is 127 Å². The molecule has 1 atom stereocenters. The minimum Gasteiger partial charge on any atom is -0.488 e. The molecule has 1 N–H and O–H groups in total. The van der Waals surface area contributed by atoms with E-state index in [-0.39, 0.29) is 34.3 Å². The molecule has 0 bridgehead atoms. The first-order valence-electron chi connectivity index (χ1n) is 6.24. The van der Waals surface area contributed by atoms with Gasteiger partial charge in [0.1, 0.15) is 23.1 Å². The van der Waals surface area contributed by atoms with E-state index in [4.69, 9.17) is 21.4 Å². The Balaban J connectivity index is 2.63. The topological polar surface area (TPSA) is 112 Å². The van der Waals surface area contributed by atoms with Gasteiger partial charge in [0.15, 0.2) is 5.75 Å². The molecule has 22 heavy (non-hydrogen) atoms. The summed E-state index contributed by atoms with van der Waals surface area (Å²) in [6.45, 7) is 1.95. The van der Waals surface area contributed by atoms with Gasteiger partial charge < -0.3 is 14.4 Å². The number of carbonyl (C=O) groups is 1. The molecule has 1 unspecified atom stereocenters. The SMILES string of the molecule is CC1COc2c(Cl)cc([N+](=O)[O-])c3c(=O)c(C(=O)O)cn1c23. The molecule has 2 aromatic rings. The summed E-state index contributed by atoms with van der Waals surface area (Å²) in [5, 5.41) is 20.1. The van der Waals surface area contributed by atoms with Crippen molar-refractivity contribution in [2.24, 2.45) is 0 Å². The molecule has 1 aliphatic rings. The Morgan fingerprint density at radius 3 is 2.86 bits per heavy atom. The van der Waals surface area contributed by atoms with Gasteiger partial charge >= 0.3 is 5.97 Å². The maximum absolute atomic E-state index is 12.4. The number of halogens is 1. The number of aromatic carboxylic acids is 1. The van der Waals surface area contributed by atoms with Crippen molar-refractivity contribution in [1.29, 1.82) is 0 Å². The summed E-state index contributed by atoms with van der Waals surface area (Å²) in [6.07, 6.45) is 1.17. The van der Waals surface area contributed by atoms with Gasteiger partial charge in [-0.05, 0) is 6.92 Å². The summed E-state index contributed by atoms with van der Waals surface area (Å²) >= 11 is 6.00. The van der Waals surface area contributed by atoms with Gasteiger partial charge in [0.2, 0.25) is 5.43 Å². The molecule has 9 heteroatoms. The highest BCUT2D eigenvalue weighted by molar-refractivity contribution is 6.33. The van der Waals surface area contributed by atoms with E-state index in [9.17, 15) is 19.7 Å². The van der Waals surface area contributed by atoms with Crippen LogP contribution in [-0.2, 0) is 0 Å². The molecule has 1 aromatic carbocycles. The molecule has 3 rings (SSSR count). The maximum atomic E-state index is 12.4. The molecular formula is C13H9ClN2O6. The Bertz CT molecular complexity index is 904. The standard InChI is InChI=1S/C13H9ClN2O6/c1-5-4-22-12-7(14)2-8(16(20)21)9-10(12)15(5)3-6(11(9)17)13(18)19/h2-3,5H,4H2,1H3,(H,18,19). The second-order valence-corrected chi connectivity index (χ2v) is 5.34. The van der Waals surface area contributed by atoms with Crippen LogP contribution in [0.2, 0.25) is 5.02 Å². The molecule has 2 heterocycles. The number of hydrogen-bond acceptors (Lipinski definition) is 5. The zero-order chi connectivity index (χ0) is 16.2. The minimum absolute atomic E-state index is 0.00215. The zero-order valence-corrected chi connectivity index (χ0v) is 12.0. The lowest BCUT2D eigenvalue weighted by Gasteiger charge is -2.27. The number of pyridine rings is 1. The van der Waals surface area contributed by atoms with E-state index in [0.717, 1.165) is 6.07 Å². The third-order valence-corrected chi connectivity index (χ3v) is 3.84. The van der Waals surface area contributed by atoms with Crippen molar-refractivity contribution in [3.05, 3.63) is 43.2 Å². The van der Waals surface area contributed by atoms with Crippen molar-refractivity contribution >= 4 is 34.2 Å². The molecule has 0 fully saturated rings. The van der Waals surface area contributed by atoms with Gasteiger partial charge in [-0.2, -0.15) is 0 Å². The molecule has 0 amide bonds. The van der Waals surface area contributed by atoms with E-state index in [0.29, 0.717) is 0 Å². The molecule has 8 nitrogen and oxygen atoms in total. The first-order valence-corrected chi connectivity index (χ1v) is 6.62. The lowest BCUT2D eigenvalue weighted by Crippen LogP contribution is -2.27. The van der Waals surface area contributed by atoms with Crippen LogP contribution in [0.4, 0.5) is 5.69 Å². The first-order chi connectivity index (χ1) is 10.3. The van der Waals surface area contributed by atoms with Gasteiger partial charge in [-0.15, -0.1) is 0 Å². The number of benzene rings is 1. The van der Waals surface area contributed by atoms with Crippen LogP contribution in [-0.4, -0.2) is 27.2 Å². The Morgan fingerprint density at radius 1 is 1.59 bits per heavy atom. The average Bonchev–Trinajstić information content (AvgIpc) is 2.44. The van der Waals surface area contributed by atoms with E-state index in [2.05, 4.69) is 0 Å². The van der Waals surface area contributed by atoms with Crippen LogP contribution in [0.1, 0.15) is 23.3 Å². The highest BCUT2D eigenvalue weighted by atomic mass is 35.5. The van der Waals surface area contributed by atoms with Crippen molar-refractivity contribution in [2.75, 3.05) is 6.61 Å². The molecule has 0 spiro atoms. The van der Waals surface area contributed by atoms with Crippen LogP contribution >= 0.6 is 11.6 Å². The van der Waals surface area contributed by atoms with Gasteiger partial charge in [-0.25, -0.2) is 4.79 Å². The fourth-order valence-electron chi connectivity index (χ4n) is 2.54. The van der Waals surface area contributed by atoms with E-state index in [1.807, 2.05) is 0 Å². The maximum Gasteiger partial charge on any atom is 0.341 e. The van der Waals surface area contributed by atoms with Crippen LogP contribution in [0, 0.1) is 10.1 Å². The fraction of sp³-hybridized carbons (Fsp3) is 0.231. The first kappa shape index (κ1) is 14.3. The van der Waals surface area contributed by atoms with Crippen LogP contribution in [0.5, 0.6) is 5.75 Å².